The second kappa shape index (κ2) is 12.8. The van der Waals surface area contributed by atoms with Gasteiger partial charge in [0, 0.05) is 17.7 Å². The molecule has 0 aromatic heterocycles. The Morgan fingerprint density at radius 3 is 1.02 bits per heavy atom. The normalized spacial score (nSPS) is 11.4. The second-order valence-corrected chi connectivity index (χ2v) is 11.6. The molecule has 5 heteroatoms. The summed E-state index contributed by atoms with van der Waals surface area (Å²) in [5.74, 6) is -3.19. The number of hydrogen-bond donors (Lipinski definition) is 0. The summed E-state index contributed by atoms with van der Waals surface area (Å²) in [6.07, 6.45) is 0. The first-order chi connectivity index (χ1) is 23.3. The van der Waals surface area contributed by atoms with Crippen LogP contribution in [0.5, 0.6) is 0 Å². The van der Waals surface area contributed by atoms with Crippen molar-refractivity contribution < 1.29 is 22.0 Å². The van der Waals surface area contributed by atoms with Gasteiger partial charge in [-0.25, -0.2) is 22.0 Å². The third-order valence-electron chi connectivity index (χ3n) is 8.73. The van der Waals surface area contributed by atoms with Crippen molar-refractivity contribution >= 4 is 0 Å². The van der Waals surface area contributed by atoms with Crippen LogP contribution in [0.2, 0.25) is 0 Å². The summed E-state index contributed by atoms with van der Waals surface area (Å²) in [5.41, 5.74) is 5.25. The lowest BCUT2D eigenvalue weighted by molar-refractivity contribution is 0.580. The molecule has 0 aliphatic heterocycles. The van der Waals surface area contributed by atoms with Crippen LogP contribution in [0, 0.1) is 29.1 Å². The van der Waals surface area contributed by atoms with Crippen molar-refractivity contribution in [2.24, 2.45) is 0 Å². The molecule has 7 aromatic carbocycles. The maximum atomic E-state index is 16.2. The van der Waals surface area contributed by atoms with Gasteiger partial charge in [0.15, 0.2) is 0 Å². The van der Waals surface area contributed by atoms with Crippen LogP contribution in [0.3, 0.4) is 0 Å². The Hall–Kier alpha value is -5.81. The Labute approximate surface area is 275 Å². The zero-order valence-electron chi connectivity index (χ0n) is 25.5. The molecule has 0 N–H and O–H groups in total. The molecule has 7 rings (SSSR count). The first-order valence-electron chi connectivity index (χ1n) is 15.4. The summed E-state index contributed by atoms with van der Waals surface area (Å²) in [4.78, 5) is 0. The maximum Gasteiger partial charge on any atom is 0.127 e. The van der Waals surface area contributed by atoms with E-state index in [-0.39, 0.29) is 0 Å². The minimum absolute atomic E-state index is 0.370. The standard InChI is InChI=1S/C43H27F5/c44-37-22-32(23-38(45)26-37)30-12-18-35(19-13-30)43(41-8-4-5-9-42(41)48,34-16-10-29(11-17-34)28-6-2-1-3-7-28)36-20-14-31(15-21-36)33-24-39(46)27-40(47)25-33/h1-27H. The minimum atomic E-state index is -1.21. The van der Waals surface area contributed by atoms with Crippen LogP contribution in [0.4, 0.5) is 22.0 Å². The van der Waals surface area contributed by atoms with E-state index in [1.165, 1.54) is 30.3 Å². The fourth-order valence-corrected chi connectivity index (χ4v) is 6.54. The Bertz CT molecular complexity index is 2070. The smallest absolute Gasteiger partial charge is 0.127 e. The van der Waals surface area contributed by atoms with Gasteiger partial charge in [0.05, 0.1) is 5.41 Å². The SMILES string of the molecule is Fc1cc(F)cc(-c2ccc(C(c3ccc(-c4ccccc4)cc3)(c3ccc(-c4cc(F)cc(F)c4)cc3)c3ccccc3F)cc2)c1. The number of benzene rings is 7. The van der Waals surface area contributed by atoms with Crippen molar-refractivity contribution in [1.29, 1.82) is 0 Å². The summed E-state index contributed by atoms with van der Waals surface area (Å²) < 4.78 is 72.7. The van der Waals surface area contributed by atoms with E-state index in [9.17, 15) is 17.6 Å². The van der Waals surface area contributed by atoms with Gasteiger partial charge in [0.25, 0.3) is 0 Å². The molecule has 0 aliphatic carbocycles. The van der Waals surface area contributed by atoms with Gasteiger partial charge in [-0.15, -0.1) is 0 Å². The molecule has 7 aromatic rings. The van der Waals surface area contributed by atoms with Crippen LogP contribution >= 0.6 is 0 Å². The molecule has 0 spiro atoms. The van der Waals surface area contributed by atoms with Gasteiger partial charge in [0.1, 0.15) is 29.1 Å². The van der Waals surface area contributed by atoms with Gasteiger partial charge in [-0.3, -0.25) is 0 Å². The second-order valence-electron chi connectivity index (χ2n) is 11.6. The average molecular weight is 639 g/mol. The molecule has 0 aliphatic rings. The molecule has 0 nitrogen and oxygen atoms in total. The summed E-state index contributed by atoms with van der Waals surface area (Å²) in [5, 5.41) is 0. The van der Waals surface area contributed by atoms with Crippen LogP contribution in [0.1, 0.15) is 22.3 Å². The van der Waals surface area contributed by atoms with E-state index in [1.807, 2.05) is 78.9 Å². The summed E-state index contributed by atoms with van der Waals surface area (Å²) in [6, 6.07) is 45.5. The molecule has 0 radical (unpaired) electrons. The van der Waals surface area contributed by atoms with Crippen molar-refractivity contribution in [2.75, 3.05) is 0 Å². The quantitative estimate of drug-likeness (QED) is 0.120. The molecule has 0 atom stereocenters. The highest BCUT2D eigenvalue weighted by Gasteiger charge is 2.40. The lowest BCUT2D eigenvalue weighted by Gasteiger charge is -2.37. The van der Waals surface area contributed by atoms with Gasteiger partial charge >= 0.3 is 0 Å². The van der Waals surface area contributed by atoms with Crippen LogP contribution in [0.25, 0.3) is 33.4 Å². The summed E-state index contributed by atoms with van der Waals surface area (Å²) in [7, 11) is 0. The molecule has 0 fully saturated rings. The van der Waals surface area contributed by atoms with E-state index >= 15 is 4.39 Å². The molecule has 234 valence electrons. The van der Waals surface area contributed by atoms with E-state index in [4.69, 9.17) is 0 Å². The molecule has 48 heavy (non-hydrogen) atoms. The van der Waals surface area contributed by atoms with E-state index in [0.29, 0.717) is 38.9 Å². The summed E-state index contributed by atoms with van der Waals surface area (Å²) in [6.45, 7) is 0. The van der Waals surface area contributed by atoms with Crippen LogP contribution in [-0.2, 0) is 5.41 Å². The van der Waals surface area contributed by atoms with Crippen molar-refractivity contribution in [1.82, 2.24) is 0 Å². The highest BCUT2D eigenvalue weighted by molar-refractivity contribution is 5.71. The lowest BCUT2D eigenvalue weighted by atomic mass is 9.64. The van der Waals surface area contributed by atoms with Gasteiger partial charge in [-0.1, -0.05) is 121 Å². The average Bonchev–Trinajstić information content (AvgIpc) is 3.10. The topological polar surface area (TPSA) is 0 Å². The largest absolute Gasteiger partial charge is 0.207 e. The van der Waals surface area contributed by atoms with E-state index in [1.54, 1.807) is 42.5 Å². The number of rotatable bonds is 7. The highest BCUT2D eigenvalue weighted by Crippen LogP contribution is 2.47. The third kappa shape index (κ3) is 5.80. The van der Waals surface area contributed by atoms with E-state index in [0.717, 1.165) is 28.8 Å². The van der Waals surface area contributed by atoms with E-state index in [2.05, 4.69) is 0 Å². The van der Waals surface area contributed by atoms with Gasteiger partial charge in [0.2, 0.25) is 0 Å². The molecule has 0 saturated heterocycles. The van der Waals surface area contributed by atoms with E-state index < -0.39 is 34.5 Å². The van der Waals surface area contributed by atoms with Gasteiger partial charge < -0.3 is 0 Å². The zero-order chi connectivity index (χ0) is 33.3. The van der Waals surface area contributed by atoms with Crippen LogP contribution in [-0.4, -0.2) is 0 Å². The Morgan fingerprint density at radius 1 is 0.292 bits per heavy atom. The Morgan fingerprint density at radius 2 is 0.625 bits per heavy atom. The predicted molar refractivity (Wildman–Crippen MR) is 181 cm³/mol. The number of hydrogen-bond acceptors (Lipinski definition) is 0. The molecule has 0 amide bonds. The fraction of sp³-hybridized carbons (Fsp3) is 0.0233. The first-order valence-corrected chi connectivity index (χ1v) is 15.4. The maximum absolute atomic E-state index is 16.2. The molecule has 0 heterocycles. The molecular formula is C43H27F5. The Balaban J connectivity index is 1.46. The Kier molecular flexibility index (Phi) is 8.20. The van der Waals surface area contributed by atoms with Crippen molar-refractivity contribution in [2.45, 2.75) is 5.41 Å². The monoisotopic (exact) mass is 638 g/mol. The van der Waals surface area contributed by atoms with Crippen molar-refractivity contribution in [3.63, 3.8) is 0 Å². The van der Waals surface area contributed by atoms with Gasteiger partial charge in [-0.05, 0) is 80.4 Å². The summed E-state index contributed by atoms with van der Waals surface area (Å²) >= 11 is 0. The minimum Gasteiger partial charge on any atom is -0.207 e. The predicted octanol–water partition coefficient (Wildman–Crippen LogP) is 11.8. The van der Waals surface area contributed by atoms with Crippen molar-refractivity contribution in [3.8, 4) is 33.4 Å². The number of halogens is 5. The third-order valence-corrected chi connectivity index (χ3v) is 8.73. The highest BCUT2D eigenvalue weighted by atomic mass is 19.1. The molecule has 0 saturated carbocycles. The van der Waals surface area contributed by atoms with Crippen molar-refractivity contribution in [3.05, 3.63) is 215 Å². The molecule has 0 unspecified atom stereocenters. The van der Waals surface area contributed by atoms with Crippen LogP contribution < -0.4 is 0 Å². The van der Waals surface area contributed by atoms with Gasteiger partial charge in [-0.2, -0.15) is 0 Å². The molecular weight excluding hydrogens is 611 g/mol. The lowest BCUT2D eigenvalue weighted by Crippen LogP contribution is -2.32. The molecule has 0 bridgehead atoms. The fourth-order valence-electron chi connectivity index (χ4n) is 6.54. The first kappa shape index (κ1) is 30.8. The zero-order valence-corrected chi connectivity index (χ0v) is 25.5. The van der Waals surface area contributed by atoms with Crippen LogP contribution in [0.15, 0.2) is 164 Å².